The largest absolute Gasteiger partial charge is 0.381 e. The van der Waals surface area contributed by atoms with Crippen molar-refractivity contribution in [1.82, 2.24) is 14.7 Å². The van der Waals surface area contributed by atoms with Gasteiger partial charge in [0.15, 0.2) is 0 Å². The first kappa shape index (κ1) is 15.3. The van der Waals surface area contributed by atoms with Crippen LogP contribution >= 0.6 is 0 Å². The first-order valence-electron chi connectivity index (χ1n) is 8.29. The van der Waals surface area contributed by atoms with Crippen molar-refractivity contribution in [3.8, 4) is 0 Å². The van der Waals surface area contributed by atoms with E-state index in [-0.39, 0.29) is 11.5 Å². The van der Waals surface area contributed by atoms with Gasteiger partial charge in [-0.3, -0.25) is 9.69 Å². The van der Waals surface area contributed by atoms with Gasteiger partial charge in [0, 0.05) is 63.4 Å². The summed E-state index contributed by atoms with van der Waals surface area (Å²) in [6, 6.07) is 0.483. The zero-order valence-corrected chi connectivity index (χ0v) is 13.7. The van der Waals surface area contributed by atoms with Crippen LogP contribution in [0.25, 0.3) is 0 Å². The third kappa shape index (κ3) is 3.10. The Kier molecular flexibility index (Phi) is 4.26. The predicted octanol–water partition coefficient (Wildman–Crippen LogP) is 0.650. The Morgan fingerprint density at radius 3 is 2.57 bits per heavy atom. The number of amides is 1. The van der Waals surface area contributed by atoms with Gasteiger partial charge < -0.3 is 14.5 Å². The van der Waals surface area contributed by atoms with Crippen molar-refractivity contribution in [2.45, 2.75) is 38.3 Å². The monoisotopic (exact) mass is 295 g/mol. The van der Waals surface area contributed by atoms with E-state index in [1.54, 1.807) is 0 Å². The van der Waals surface area contributed by atoms with Gasteiger partial charge in [0.25, 0.3) is 0 Å². The topological polar surface area (TPSA) is 36.0 Å². The number of piperazine rings is 2. The summed E-state index contributed by atoms with van der Waals surface area (Å²) >= 11 is 0. The lowest BCUT2D eigenvalue weighted by molar-refractivity contribution is -0.145. The van der Waals surface area contributed by atoms with Gasteiger partial charge in [-0.25, -0.2) is 0 Å². The average molecular weight is 295 g/mol. The van der Waals surface area contributed by atoms with Crippen molar-refractivity contribution in [1.29, 1.82) is 0 Å². The van der Waals surface area contributed by atoms with Gasteiger partial charge in [0.05, 0.1) is 0 Å². The fourth-order valence-corrected chi connectivity index (χ4v) is 4.39. The van der Waals surface area contributed by atoms with Crippen LogP contribution in [-0.2, 0) is 9.53 Å². The van der Waals surface area contributed by atoms with Gasteiger partial charge in [-0.15, -0.1) is 0 Å². The molecule has 21 heavy (non-hydrogen) atoms. The Labute approximate surface area is 128 Å². The van der Waals surface area contributed by atoms with Gasteiger partial charge in [0.1, 0.15) is 0 Å². The Balaban J connectivity index is 1.64. The molecular weight excluding hydrogens is 266 g/mol. The van der Waals surface area contributed by atoms with E-state index in [1.165, 1.54) is 0 Å². The van der Waals surface area contributed by atoms with Crippen LogP contribution in [0.2, 0.25) is 0 Å². The highest BCUT2D eigenvalue weighted by molar-refractivity contribution is 5.79. The first-order chi connectivity index (χ1) is 9.97. The van der Waals surface area contributed by atoms with E-state index in [2.05, 4.69) is 35.6 Å². The molecule has 0 aliphatic carbocycles. The zero-order valence-electron chi connectivity index (χ0n) is 13.7. The molecule has 3 heterocycles. The van der Waals surface area contributed by atoms with E-state index in [9.17, 15) is 4.79 Å². The molecule has 1 atom stereocenters. The summed E-state index contributed by atoms with van der Waals surface area (Å²) in [7, 11) is 2.19. The molecule has 3 fully saturated rings. The lowest BCUT2D eigenvalue weighted by Crippen LogP contribution is -2.69. The number of hydrogen-bond donors (Lipinski definition) is 0. The number of nitrogens with zero attached hydrogens (tertiary/aromatic N) is 3. The Morgan fingerprint density at radius 2 is 1.86 bits per heavy atom. The molecule has 0 unspecified atom stereocenters. The summed E-state index contributed by atoms with van der Waals surface area (Å²) in [6.45, 7) is 11.1. The van der Waals surface area contributed by atoms with Crippen molar-refractivity contribution >= 4 is 5.91 Å². The predicted molar refractivity (Wildman–Crippen MR) is 82.2 cm³/mol. The summed E-state index contributed by atoms with van der Waals surface area (Å²) in [5.41, 5.74) is 0.214. The quantitative estimate of drug-likeness (QED) is 0.712. The highest BCUT2D eigenvalue weighted by atomic mass is 16.5. The van der Waals surface area contributed by atoms with Crippen LogP contribution < -0.4 is 0 Å². The Bertz CT molecular complexity index is 393. The maximum Gasteiger partial charge on any atom is 0.225 e. The average Bonchev–Trinajstić information content (AvgIpc) is 2.45. The van der Waals surface area contributed by atoms with Crippen LogP contribution in [-0.4, -0.2) is 85.2 Å². The van der Waals surface area contributed by atoms with Crippen LogP contribution in [0.5, 0.6) is 0 Å². The third-order valence-electron chi connectivity index (χ3n) is 5.32. The van der Waals surface area contributed by atoms with Crippen LogP contribution in [0.1, 0.15) is 26.7 Å². The minimum atomic E-state index is 0.194. The molecule has 3 aliphatic heterocycles. The molecule has 0 spiro atoms. The molecule has 1 amide bonds. The molecule has 0 saturated carbocycles. The molecule has 0 aromatic rings. The molecule has 5 heteroatoms. The van der Waals surface area contributed by atoms with Crippen molar-refractivity contribution in [3.05, 3.63) is 0 Å². The van der Waals surface area contributed by atoms with Gasteiger partial charge in [0.2, 0.25) is 5.91 Å². The van der Waals surface area contributed by atoms with Crippen LogP contribution in [0, 0.1) is 5.92 Å². The minimum absolute atomic E-state index is 0.194. The van der Waals surface area contributed by atoms with Crippen molar-refractivity contribution in [3.63, 3.8) is 0 Å². The number of likely N-dealkylation sites (N-methyl/N-ethyl adjacent to an activating group) is 1. The highest BCUT2D eigenvalue weighted by Crippen LogP contribution is 2.28. The SMILES string of the molecule is CN1C[C@@H]2CN(C(=O)C3CCOCC3)CCN2C(C)(C)C1. The van der Waals surface area contributed by atoms with E-state index in [0.717, 1.165) is 58.8 Å². The van der Waals surface area contributed by atoms with Crippen molar-refractivity contribution in [2.75, 3.05) is 53.0 Å². The summed E-state index contributed by atoms with van der Waals surface area (Å²) in [5.74, 6) is 0.559. The number of carbonyl (C=O) groups excluding carboxylic acids is 1. The molecular formula is C16H29N3O2. The summed E-state index contributed by atoms with van der Waals surface area (Å²) in [5, 5.41) is 0. The molecule has 3 rings (SSSR count). The van der Waals surface area contributed by atoms with Gasteiger partial charge in [-0.2, -0.15) is 0 Å². The highest BCUT2D eigenvalue weighted by Gasteiger charge is 2.43. The Hall–Kier alpha value is -0.650. The Morgan fingerprint density at radius 1 is 1.14 bits per heavy atom. The second-order valence-electron chi connectivity index (χ2n) is 7.53. The molecule has 120 valence electrons. The molecule has 5 nitrogen and oxygen atoms in total. The summed E-state index contributed by atoms with van der Waals surface area (Å²) in [6.07, 6.45) is 1.80. The first-order valence-corrected chi connectivity index (χ1v) is 8.29. The fourth-order valence-electron chi connectivity index (χ4n) is 4.39. The minimum Gasteiger partial charge on any atom is -0.381 e. The standard InChI is InChI=1S/C16H29N3O2/c1-16(2)12-17(3)10-14-11-18(6-7-19(14)16)15(20)13-4-8-21-9-5-13/h13-14H,4-12H2,1-3H3/t14-/m1/s1. The maximum absolute atomic E-state index is 12.7. The van der Waals surface area contributed by atoms with Crippen LogP contribution in [0.4, 0.5) is 0 Å². The molecule has 0 N–H and O–H groups in total. The van der Waals surface area contributed by atoms with E-state index in [4.69, 9.17) is 4.74 Å². The molecule has 0 aromatic heterocycles. The lowest BCUT2D eigenvalue weighted by atomic mass is 9.92. The number of ether oxygens (including phenoxy) is 1. The van der Waals surface area contributed by atoms with Gasteiger partial charge >= 0.3 is 0 Å². The normalized spacial score (nSPS) is 32.0. The van der Waals surface area contributed by atoms with E-state index >= 15 is 0 Å². The van der Waals surface area contributed by atoms with Crippen molar-refractivity contribution in [2.24, 2.45) is 5.92 Å². The van der Waals surface area contributed by atoms with Gasteiger partial charge in [-0.05, 0) is 33.7 Å². The van der Waals surface area contributed by atoms with E-state index in [0.29, 0.717) is 11.9 Å². The van der Waals surface area contributed by atoms with Crippen molar-refractivity contribution < 1.29 is 9.53 Å². The third-order valence-corrected chi connectivity index (χ3v) is 5.32. The molecule has 0 bridgehead atoms. The van der Waals surface area contributed by atoms with Gasteiger partial charge in [-0.1, -0.05) is 0 Å². The zero-order chi connectivity index (χ0) is 15.0. The molecule has 3 aliphatic rings. The summed E-state index contributed by atoms with van der Waals surface area (Å²) < 4.78 is 5.38. The maximum atomic E-state index is 12.7. The number of hydrogen-bond acceptors (Lipinski definition) is 4. The molecule has 0 aromatic carbocycles. The van der Waals surface area contributed by atoms with Crippen LogP contribution in [0.15, 0.2) is 0 Å². The second-order valence-corrected chi connectivity index (χ2v) is 7.53. The smallest absolute Gasteiger partial charge is 0.225 e. The second kappa shape index (κ2) is 5.86. The van der Waals surface area contributed by atoms with E-state index < -0.39 is 0 Å². The fraction of sp³-hybridized carbons (Fsp3) is 0.938. The van der Waals surface area contributed by atoms with E-state index in [1.807, 2.05) is 0 Å². The molecule has 3 saturated heterocycles. The molecule has 0 radical (unpaired) electrons. The number of fused-ring (bicyclic) bond motifs is 1. The lowest BCUT2D eigenvalue weighted by Gasteiger charge is -2.55. The summed E-state index contributed by atoms with van der Waals surface area (Å²) in [4.78, 5) is 19.8. The number of rotatable bonds is 1. The number of carbonyl (C=O) groups is 1. The van der Waals surface area contributed by atoms with Crippen LogP contribution in [0.3, 0.4) is 0 Å².